The van der Waals surface area contributed by atoms with Crippen LogP contribution in [0.1, 0.15) is 5.56 Å². The van der Waals surface area contributed by atoms with Gasteiger partial charge in [-0.25, -0.2) is 12.8 Å². The second-order valence-corrected chi connectivity index (χ2v) is 9.89. The number of anilines is 1. The van der Waals surface area contributed by atoms with Crippen LogP contribution in [0.5, 0.6) is 0 Å². The van der Waals surface area contributed by atoms with Gasteiger partial charge in [0.05, 0.1) is 29.3 Å². The van der Waals surface area contributed by atoms with Crippen LogP contribution in [0.25, 0.3) is 0 Å². The molecule has 0 aromatic heterocycles. The largest absolute Gasteiger partial charge is 0.312 e. The van der Waals surface area contributed by atoms with Crippen LogP contribution >= 0.6 is 23.4 Å². The van der Waals surface area contributed by atoms with Crippen molar-refractivity contribution in [2.24, 2.45) is 4.99 Å². The summed E-state index contributed by atoms with van der Waals surface area (Å²) in [6, 6.07) is 13.2. The van der Waals surface area contributed by atoms with Gasteiger partial charge in [-0.1, -0.05) is 47.6 Å². The number of hydrogen-bond acceptors (Lipinski definition) is 5. The molecule has 2 aromatic rings. The molecule has 0 amide bonds. The predicted molar refractivity (Wildman–Crippen MR) is 105 cm³/mol. The second kappa shape index (κ2) is 6.87. The minimum atomic E-state index is -3.15. The number of para-hydroxylation sites is 1. The third kappa shape index (κ3) is 3.48. The number of fused-ring (bicyclic) bond motifs is 1. The number of thioether (sulfide) groups is 1. The van der Waals surface area contributed by atoms with E-state index in [-0.39, 0.29) is 29.4 Å². The first kappa shape index (κ1) is 17.8. The Labute approximate surface area is 161 Å². The molecule has 2 aliphatic heterocycles. The molecule has 2 heterocycles. The minimum absolute atomic E-state index is 0.000502. The highest BCUT2D eigenvalue weighted by Crippen LogP contribution is 2.36. The van der Waals surface area contributed by atoms with Crippen molar-refractivity contribution in [3.05, 3.63) is 64.9 Å². The molecule has 0 radical (unpaired) electrons. The lowest BCUT2D eigenvalue weighted by atomic mass is 10.1. The van der Waals surface area contributed by atoms with Gasteiger partial charge < -0.3 is 4.90 Å². The average Bonchev–Trinajstić information content (AvgIpc) is 3.06. The average molecular weight is 411 g/mol. The van der Waals surface area contributed by atoms with Crippen molar-refractivity contribution in [3.8, 4) is 0 Å². The molecule has 0 spiro atoms. The Kier molecular flexibility index (Phi) is 4.71. The van der Waals surface area contributed by atoms with Crippen molar-refractivity contribution in [1.29, 1.82) is 0 Å². The maximum atomic E-state index is 14.4. The smallest absolute Gasteiger partial charge is 0.164 e. The van der Waals surface area contributed by atoms with E-state index in [0.717, 1.165) is 5.56 Å². The Hall–Kier alpha value is -1.57. The zero-order valence-corrected chi connectivity index (χ0v) is 16.1. The lowest BCUT2D eigenvalue weighted by molar-refractivity contribution is 0.600. The third-order valence-electron chi connectivity index (χ3n) is 4.50. The highest BCUT2D eigenvalue weighted by atomic mass is 35.5. The van der Waals surface area contributed by atoms with E-state index >= 15 is 0 Å². The summed E-state index contributed by atoms with van der Waals surface area (Å²) < 4.78 is 38.4. The van der Waals surface area contributed by atoms with Crippen LogP contribution in [0.2, 0.25) is 5.02 Å². The van der Waals surface area contributed by atoms with Crippen molar-refractivity contribution in [2.45, 2.75) is 17.8 Å². The maximum Gasteiger partial charge on any atom is 0.164 e. The first-order chi connectivity index (χ1) is 12.4. The summed E-state index contributed by atoms with van der Waals surface area (Å²) in [4.78, 5) is 6.37. The fourth-order valence-electron chi connectivity index (χ4n) is 3.29. The van der Waals surface area contributed by atoms with E-state index in [9.17, 15) is 12.8 Å². The molecule has 1 saturated heterocycles. The van der Waals surface area contributed by atoms with Crippen molar-refractivity contribution in [1.82, 2.24) is 0 Å². The van der Waals surface area contributed by atoms with E-state index in [1.54, 1.807) is 23.1 Å². The van der Waals surface area contributed by atoms with Crippen LogP contribution in [-0.2, 0) is 15.6 Å². The molecule has 2 aliphatic rings. The van der Waals surface area contributed by atoms with E-state index in [1.807, 2.05) is 24.3 Å². The van der Waals surface area contributed by atoms with E-state index in [4.69, 9.17) is 11.6 Å². The second-order valence-electron chi connectivity index (χ2n) is 6.36. The fraction of sp³-hybridized carbons (Fsp3) is 0.278. The summed E-state index contributed by atoms with van der Waals surface area (Å²) in [6.07, 6.45) is 0. The Morgan fingerprint density at radius 1 is 1.15 bits per heavy atom. The fourth-order valence-corrected chi connectivity index (χ4v) is 6.33. The molecule has 136 valence electrons. The molecule has 0 unspecified atom stereocenters. The number of aliphatic imine (C=N–C) groups is 1. The van der Waals surface area contributed by atoms with Gasteiger partial charge in [0.25, 0.3) is 0 Å². The molecule has 2 atom stereocenters. The Bertz CT molecular complexity index is 963. The zero-order chi connectivity index (χ0) is 18.3. The Balaban J connectivity index is 1.63. The van der Waals surface area contributed by atoms with Crippen molar-refractivity contribution in [2.75, 3.05) is 16.4 Å². The number of amidine groups is 1. The first-order valence-electron chi connectivity index (χ1n) is 8.12. The van der Waals surface area contributed by atoms with Crippen LogP contribution < -0.4 is 4.90 Å². The monoisotopic (exact) mass is 410 g/mol. The van der Waals surface area contributed by atoms with Gasteiger partial charge in [0, 0.05) is 10.8 Å². The van der Waals surface area contributed by atoms with E-state index in [0.29, 0.717) is 21.6 Å². The molecule has 2 aromatic carbocycles. The molecule has 4 nitrogen and oxygen atoms in total. The SMILES string of the molecule is O=S1(=O)C[C@@H]2N=C(SCc3ccc(Cl)cc3)N(c3ccccc3F)[C@H]2C1. The van der Waals surface area contributed by atoms with E-state index in [2.05, 4.69) is 4.99 Å². The topological polar surface area (TPSA) is 49.7 Å². The van der Waals surface area contributed by atoms with Gasteiger partial charge in [-0.05, 0) is 29.8 Å². The molecule has 0 bridgehead atoms. The van der Waals surface area contributed by atoms with Gasteiger partial charge in [0.1, 0.15) is 5.82 Å². The van der Waals surface area contributed by atoms with E-state index < -0.39 is 9.84 Å². The Morgan fingerprint density at radius 2 is 1.88 bits per heavy atom. The standard InChI is InChI=1S/C18H16ClFN2O2S2/c19-13-7-5-12(6-8-13)9-25-18-21-15-10-26(23,24)11-17(15)22(18)16-4-2-1-3-14(16)20/h1-8,15,17H,9-11H2/t15-,17-/m0/s1. The maximum absolute atomic E-state index is 14.4. The first-order valence-corrected chi connectivity index (χ1v) is 11.3. The van der Waals surface area contributed by atoms with Crippen molar-refractivity contribution in [3.63, 3.8) is 0 Å². The summed E-state index contributed by atoms with van der Waals surface area (Å²) in [5, 5.41) is 1.33. The number of halogens is 2. The van der Waals surface area contributed by atoms with Gasteiger partial charge >= 0.3 is 0 Å². The van der Waals surface area contributed by atoms with Crippen LogP contribution in [0.3, 0.4) is 0 Å². The third-order valence-corrected chi connectivity index (χ3v) is 7.49. The normalized spacial score (nSPS) is 23.8. The van der Waals surface area contributed by atoms with E-state index in [1.165, 1.54) is 17.8 Å². The summed E-state index contributed by atoms with van der Waals surface area (Å²) in [6.45, 7) is 0. The van der Waals surface area contributed by atoms with Gasteiger partial charge in [-0.3, -0.25) is 4.99 Å². The number of hydrogen-bond donors (Lipinski definition) is 0. The summed E-state index contributed by atoms with van der Waals surface area (Å²) in [5.41, 5.74) is 1.44. The molecule has 4 rings (SSSR count). The molecule has 0 aliphatic carbocycles. The Morgan fingerprint density at radius 3 is 2.62 bits per heavy atom. The van der Waals surface area contributed by atoms with Crippen LogP contribution in [-0.4, -0.2) is 37.2 Å². The molecule has 8 heteroatoms. The molecular weight excluding hydrogens is 395 g/mol. The lowest BCUT2D eigenvalue weighted by Crippen LogP contribution is -2.39. The van der Waals surface area contributed by atoms with Crippen LogP contribution in [0.4, 0.5) is 10.1 Å². The molecule has 1 fully saturated rings. The quantitative estimate of drug-likeness (QED) is 0.773. The summed E-state index contributed by atoms with van der Waals surface area (Å²) in [5.74, 6) is 0.290. The van der Waals surface area contributed by atoms with Crippen LogP contribution in [0.15, 0.2) is 53.5 Å². The number of nitrogens with zero attached hydrogens (tertiary/aromatic N) is 2. The number of rotatable bonds is 3. The predicted octanol–water partition coefficient (Wildman–Crippen LogP) is 3.75. The van der Waals surface area contributed by atoms with Crippen molar-refractivity contribution < 1.29 is 12.8 Å². The number of benzene rings is 2. The van der Waals surface area contributed by atoms with Gasteiger partial charge in [0.2, 0.25) is 0 Å². The number of sulfone groups is 1. The molecule has 26 heavy (non-hydrogen) atoms. The highest BCUT2D eigenvalue weighted by Gasteiger charge is 2.47. The van der Waals surface area contributed by atoms with Gasteiger partial charge in [-0.15, -0.1) is 0 Å². The molecule has 0 saturated carbocycles. The van der Waals surface area contributed by atoms with Gasteiger partial charge in [0.15, 0.2) is 15.0 Å². The molecule has 0 N–H and O–H groups in total. The highest BCUT2D eigenvalue weighted by molar-refractivity contribution is 8.13. The molecular formula is C18H16ClFN2O2S2. The minimum Gasteiger partial charge on any atom is -0.312 e. The summed E-state index contributed by atoms with van der Waals surface area (Å²) in [7, 11) is -3.15. The van der Waals surface area contributed by atoms with Crippen molar-refractivity contribution >= 4 is 44.1 Å². The van der Waals surface area contributed by atoms with Gasteiger partial charge in [-0.2, -0.15) is 0 Å². The van der Waals surface area contributed by atoms with Crippen LogP contribution in [0, 0.1) is 5.82 Å². The zero-order valence-electron chi connectivity index (χ0n) is 13.7. The summed E-state index contributed by atoms with van der Waals surface area (Å²) >= 11 is 7.40. The lowest BCUT2D eigenvalue weighted by Gasteiger charge is -2.26.